The second kappa shape index (κ2) is 4.16. The van der Waals surface area contributed by atoms with Gasteiger partial charge in [0.25, 0.3) is 0 Å². The first-order valence-corrected chi connectivity index (χ1v) is 5.18. The van der Waals surface area contributed by atoms with E-state index < -0.39 is 5.97 Å². The van der Waals surface area contributed by atoms with Gasteiger partial charge in [-0.1, -0.05) is 0 Å². The number of rotatable bonds is 3. The minimum atomic E-state index is -1.13. The third-order valence-corrected chi connectivity index (χ3v) is 2.94. The molecule has 0 saturated heterocycles. The number of carboxylic acid groups (broad SMARTS) is 1. The van der Waals surface area contributed by atoms with Crippen LogP contribution in [-0.2, 0) is 6.42 Å². The fraction of sp³-hybridized carbons (Fsp3) is 0.100. The molecule has 0 unspecified atom stereocenters. The van der Waals surface area contributed by atoms with Crippen LogP contribution in [0.3, 0.4) is 0 Å². The van der Waals surface area contributed by atoms with Crippen LogP contribution < -0.4 is 0 Å². The van der Waals surface area contributed by atoms with Gasteiger partial charge in [0.05, 0.1) is 23.6 Å². The SMILES string of the molecule is N#CCc1sc(-c2ccco2)nc1C(=O)O. The summed E-state index contributed by atoms with van der Waals surface area (Å²) >= 11 is 1.16. The fourth-order valence-electron chi connectivity index (χ4n) is 1.22. The molecule has 0 amide bonds. The molecule has 2 heterocycles. The van der Waals surface area contributed by atoms with Gasteiger partial charge in [0.1, 0.15) is 0 Å². The second-order valence-electron chi connectivity index (χ2n) is 2.91. The van der Waals surface area contributed by atoms with Gasteiger partial charge in [0.2, 0.25) is 0 Å². The third-order valence-electron chi connectivity index (χ3n) is 1.87. The summed E-state index contributed by atoms with van der Waals surface area (Å²) < 4.78 is 5.12. The zero-order chi connectivity index (χ0) is 11.5. The number of aromatic carboxylic acids is 1. The number of aromatic nitrogens is 1. The predicted octanol–water partition coefficient (Wildman–Crippen LogP) is 2.17. The number of nitrogens with zero attached hydrogens (tertiary/aromatic N) is 2. The zero-order valence-corrected chi connectivity index (χ0v) is 8.82. The lowest BCUT2D eigenvalue weighted by molar-refractivity contribution is 0.0690. The lowest BCUT2D eigenvalue weighted by Gasteiger charge is -1.88. The molecule has 0 aromatic carbocycles. The van der Waals surface area contributed by atoms with Crippen LogP contribution in [0, 0.1) is 11.3 Å². The Hall–Kier alpha value is -2.13. The molecule has 5 nitrogen and oxygen atoms in total. The standard InChI is InChI=1S/C10H6N2O3S/c11-4-3-7-8(10(13)14)12-9(16-7)6-2-1-5-15-6/h1-2,5H,3H2,(H,13,14). The van der Waals surface area contributed by atoms with Gasteiger partial charge >= 0.3 is 5.97 Å². The van der Waals surface area contributed by atoms with Crippen molar-refractivity contribution in [2.45, 2.75) is 6.42 Å². The summed E-state index contributed by atoms with van der Waals surface area (Å²) in [4.78, 5) is 15.3. The number of carboxylic acids is 1. The first kappa shape index (κ1) is 10.4. The van der Waals surface area contributed by atoms with Crippen molar-refractivity contribution in [3.05, 3.63) is 29.0 Å². The number of thiazole rings is 1. The van der Waals surface area contributed by atoms with Crippen LogP contribution in [0.4, 0.5) is 0 Å². The van der Waals surface area contributed by atoms with Crippen LogP contribution in [0.5, 0.6) is 0 Å². The minimum absolute atomic E-state index is 0.0417. The first-order valence-electron chi connectivity index (χ1n) is 4.36. The average molecular weight is 234 g/mol. The van der Waals surface area contributed by atoms with Crippen molar-refractivity contribution in [2.75, 3.05) is 0 Å². The molecule has 16 heavy (non-hydrogen) atoms. The topological polar surface area (TPSA) is 87.1 Å². The van der Waals surface area contributed by atoms with Crippen LogP contribution >= 0.6 is 11.3 Å². The molecule has 6 heteroatoms. The van der Waals surface area contributed by atoms with Gasteiger partial charge in [0, 0.05) is 0 Å². The third kappa shape index (κ3) is 1.81. The molecular weight excluding hydrogens is 228 g/mol. The normalized spacial score (nSPS) is 9.94. The first-order chi connectivity index (χ1) is 7.72. The lowest BCUT2D eigenvalue weighted by atomic mass is 10.3. The molecular formula is C10H6N2O3S. The van der Waals surface area contributed by atoms with Crippen molar-refractivity contribution in [3.63, 3.8) is 0 Å². The van der Waals surface area contributed by atoms with Crippen LogP contribution in [0.15, 0.2) is 22.8 Å². The van der Waals surface area contributed by atoms with E-state index in [0.717, 1.165) is 11.3 Å². The van der Waals surface area contributed by atoms with E-state index in [4.69, 9.17) is 14.8 Å². The Morgan fingerprint density at radius 3 is 3.06 bits per heavy atom. The largest absolute Gasteiger partial charge is 0.476 e. The highest BCUT2D eigenvalue weighted by Gasteiger charge is 2.18. The van der Waals surface area contributed by atoms with Crippen LogP contribution in [0.25, 0.3) is 10.8 Å². The quantitative estimate of drug-likeness (QED) is 0.879. The van der Waals surface area contributed by atoms with E-state index in [1.165, 1.54) is 6.26 Å². The van der Waals surface area contributed by atoms with E-state index in [1.54, 1.807) is 12.1 Å². The molecule has 0 aliphatic rings. The molecule has 0 bridgehead atoms. The molecule has 2 rings (SSSR count). The maximum absolute atomic E-state index is 10.9. The molecule has 2 aromatic rings. The maximum atomic E-state index is 10.9. The molecule has 0 fully saturated rings. The predicted molar refractivity (Wildman–Crippen MR) is 56.1 cm³/mol. The zero-order valence-electron chi connectivity index (χ0n) is 8.01. The molecule has 0 atom stereocenters. The monoisotopic (exact) mass is 234 g/mol. The van der Waals surface area contributed by atoms with E-state index in [-0.39, 0.29) is 12.1 Å². The van der Waals surface area contributed by atoms with Gasteiger partial charge < -0.3 is 9.52 Å². The van der Waals surface area contributed by atoms with Crippen molar-refractivity contribution < 1.29 is 14.3 Å². The molecule has 0 aliphatic carbocycles. The Labute approximate surface area is 94.6 Å². The summed E-state index contributed by atoms with van der Waals surface area (Å²) in [7, 11) is 0. The summed E-state index contributed by atoms with van der Waals surface area (Å²) in [5, 5.41) is 18.0. The van der Waals surface area contributed by atoms with E-state index in [1.807, 2.05) is 6.07 Å². The number of hydrogen-bond acceptors (Lipinski definition) is 5. The Kier molecular flexibility index (Phi) is 2.70. The number of hydrogen-bond donors (Lipinski definition) is 1. The summed E-state index contributed by atoms with van der Waals surface area (Å²) in [5.74, 6) is -0.615. The number of carbonyl (C=O) groups is 1. The van der Waals surface area contributed by atoms with Gasteiger partial charge in [-0.05, 0) is 12.1 Å². The number of furan rings is 1. The van der Waals surface area contributed by atoms with Crippen molar-refractivity contribution in [2.24, 2.45) is 0 Å². The highest BCUT2D eigenvalue weighted by Crippen LogP contribution is 2.28. The molecule has 0 aliphatic heterocycles. The van der Waals surface area contributed by atoms with Crippen LogP contribution in [-0.4, -0.2) is 16.1 Å². The Morgan fingerprint density at radius 1 is 1.69 bits per heavy atom. The van der Waals surface area contributed by atoms with Gasteiger partial charge in [-0.25, -0.2) is 9.78 Å². The second-order valence-corrected chi connectivity index (χ2v) is 3.99. The van der Waals surface area contributed by atoms with E-state index in [0.29, 0.717) is 15.6 Å². The van der Waals surface area contributed by atoms with Crippen molar-refractivity contribution in [1.29, 1.82) is 5.26 Å². The summed E-state index contributed by atoms with van der Waals surface area (Å²) in [6.07, 6.45) is 1.53. The maximum Gasteiger partial charge on any atom is 0.355 e. The Balaban J connectivity index is 2.47. The minimum Gasteiger partial charge on any atom is -0.476 e. The van der Waals surface area contributed by atoms with E-state index in [2.05, 4.69) is 4.98 Å². The van der Waals surface area contributed by atoms with Crippen LogP contribution in [0.1, 0.15) is 15.4 Å². The van der Waals surface area contributed by atoms with Gasteiger partial charge in [-0.3, -0.25) is 0 Å². The smallest absolute Gasteiger partial charge is 0.355 e. The van der Waals surface area contributed by atoms with Gasteiger partial charge in [-0.2, -0.15) is 5.26 Å². The summed E-state index contributed by atoms with van der Waals surface area (Å²) in [5.41, 5.74) is -0.0713. The summed E-state index contributed by atoms with van der Waals surface area (Å²) in [6, 6.07) is 5.30. The summed E-state index contributed by atoms with van der Waals surface area (Å²) in [6.45, 7) is 0. The average Bonchev–Trinajstić information content (AvgIpc) is 2.83. The highest BCUT2D eigenvalue weighted by molar-refractivity contribution is 7.15. The molecule has 0 radical (unpaired) electrons. The molecule has 0 saturated carbocycles. The molecule has 2 aromatic heterocycles. The van der Waals surface area contributed by atoms with E-state index >= 15 is 0 Å². The number of nitriles is 1. The molecule has 0 spiro atoms. The molecule has 1 N–H and O–H groups in total. The van der Waals surface area contributed by atoms with Gasteiger partial charge in [-0.15, -0.1) is 11.3 Å². The van der Waals surface area contributed by atoms with Crippen molar-refractivity contribution in [1.82, 2.24) is 4.98 Å². The highest BCUT2D eigenvalue weighted by atomic mass is 32.1. The Bertz CT molecular complexity index is 551. The van der Waals surface area contributed by atoms with Crippen LogP contribution in [0.2, 0.25) is 0 Å². The molecule has 80 valence electrons. The lowest BCUT2D eigenvalue weighted by Crippen LogP contribution is -2.00. The Morgan fingerprint density at radius 2 is 2.50 bits per heavy atom. The van der Waals surface area contributed by atoms with Crippen molar-refractivity contribution >= 4 is 17.3 Å². The van der Waals surface area contributed by atoms with Gasteiger partial charge in [0.15, 0.2) is 16.5 Å². The fourth-order valence-corrected chi connectivity index (χ4v) is 2.17. The van der Waals surface area contributed by atoms with E-state index in [9.17, 15) is 4.79 Å². The van der Waals surface area contributed by atoms with Crippen molar-refractivity contribution in [3.8, 4) is 16.8 Å².